The Balaban J connectivity index is 2.53. The molecule has 1 aliphatic heterocycles. The Bertz CT molecular complexity index is 357. The summed E-state index contributed by atoms with van der Waals surface area (Å²) in [6.07, 6.45) is 0. The van der Waals surface area contributed by atoms with Crippen molar-refractivity contribution in [3.05, 3.63) is 23.8 Å². The minimum Gasteiger partial charge on any atom is -0.497 e. The molecule has 0 aromatic heterocycles. The number of fused-ring (bicyclic) bond motifs is 1. The van der Waals surface area contributed by atoms with Crippen molar-refractivity contribution in [2.45, 2.75) is 19.3 Å². The molecule has 1 aromatic rings. The van der Waals surface area contributed by atoms with E-state index in [9.17, 15) is 0 Å². The van der Waals surface area contributed by atoms with E-state index >= 15 is 0 Å². The van der Waals surface area contributed by atoms with Crippen LogP contribution >= 0.6 is 0 Å². The van der Waals surface area contributed by atoms with E-state index in [4.69, 9.17) is 4.74 Å². The normalized spacial score (nSPS) is 18.1. The first kappa shape index (κ1) is 9.38. The number of benzene rings is 1. The number of hydrogen-bond acceptors (Lipinski definition) is 2. The second kappa shape index (κ2) is 2.91. The van der Waals surface area contributed by atoms with Crippen LogP contribution in [0.5, 0.6) is 5.75 Å². The molecule has 0 radical (unpaired) electrons. The maximum Gasteiger partial charge on any atom is 0.119 e. The molecule has 1 aliphatic rings. The molecule has 0 fully saturated rings. The van der Waals surface area contributed by atoms with Gasteiger partial charge in [-0.05, 0) is 23.8 Å². The minimum atomic E-state index is 0.235. The first-order chi connectivity index (χ1) is 6.54. The highest BCUT2D eigenvalue weighted by Crippen LogP contribution is 2.41. The number of rotatable bonds is 1. The minimum absolute atomic E-state index is 0.235. The molecule has 0 unspecified atom stereocenters. The Morgan fingerprint density at radius 3 is 2.71 bits per heavy atom. The Labute approximate surface area is 85.5 Å². The van der Waals surface area contributed by atoms with Gasteiger partial charge < -0.3 is 9.64 Å². The zero-order valence-corrected chi connectivity index (χ0v) is 9.29. The highest BCUT2D eigenvalue weighted by Gasteiger charge is 2.33. The summed E-state index contributed by atoms with van der Waals surface area (Å²) in [7, 11) is 3.85. The van der Waals surface area contributed by atoms with Crippen molar-refractivity contribution in [3.63, 3.8) is 0 Å². The molecule has 2 heteroatoms. The number of likely N-dealkylation sites (N-methyl/N-ethyl adjacent to an activating group) is 1. The molecule has 0 bridgehead atoms. The van der Waals surface area contributed by atoms with Crippen molar-refractivity contribution in [1.82, 2.24) is 0 Å². The summed E-state index contributed by atoms with van der Waals surface area (Å²) in [6.45, 7) is 5.62. The van der Waals surface area contributed by atoms with Gasteiger partial charge in [0.05, 0.1) is 7.11 Å². The van der Waals surface area contributed by atoms with Crippen molar-refractivity contribution >= 4 is 5.69 Å². The lowest BCUT2D eigenvalue weighted by Crippen LogP contribution is -2.24. The predicted octanol–water partition coefficient (Wildman–Crippen LogP) is 2.42. The maximum atomic E-state index is 5.25. The van der Waals surface area contributed by atoms with E-state index in [0.717, 1.165) is 12.3 Å². The zero-order valence-electron chi connectivity index (χ0n) is 9.29. The van der Waals surface area contributed by atoms with Crippen LogP contribution in [-0.4, -0.2) is 20.7 Å². The Morgan fingerprint density at radius 1 is 1.36 bits per heavy atom. The van der Waals surface area contributed by atoms with Crippen LogP contribution in [0.3, 0.4) is 0 Å². The molecule has 0 amide bonds. The van der Waals surface area contributed by atoms with Gasteiger partial charge in [-0.2, -0.15) is 0 Å². The van der Waals surface area contributed by atoms with Gasteiger partial charge in [0.25, 0.3) is 0 Å². The third-order valence-corrected chi connectivity index (χ3v) is 2.98. The standard InChI is InChI=1S/C12H17NO/c1-12(2)8-13(3)11-6-5-9(14-4)7-10(11)12/h5-7H,8H2,1-4H3. The molecule has 0 saturated carbocycles. The fourth-order valence-corrected chi connectivity index (χ4v) is 2.28. The molecule has 0 N–H and O–H groups in total. The second-order valence-electron chi connectivity index (χ2n) is 4.62. The van der Waals surface area contributed by atoms with Crippen molar-refractivity contribution in [2.75, 3.05) is 25.6 Å². The third kappa shape index (κ3) is 1.26. The van der Waals surface area contributed by atoms with Crippen LogP contribution < -0.4 is 9.64 Å². The molecule has 14 heavy (non-hydrogen) atoms. The Hall–Kier alpha value is -1.18. The number of ether oxygens (including phenoxy) is 1. The van der Waals surface area contributed by atoms with Gasteiger partial charge in [0.1, 0.15) is 5.75 Å². The summed E-state index contributed by atoms with van der Waals surface area (Å²) in [5, 5.41) is 0. The van der Waals surface area contributed by atoms with E-state index in [2.05, 4.69) is 37.9 Å². The molecule has 1 heterocycles. The molecule has 0 spiro atoms. The number of anilines is 1. The van der Waals surface area contributed by atoms with E-state index in [0.29, 0.717) is 0 Å². The summed E-state index contributed by atoms with van der Waals surface area (Å²) in [4.78, 5) is 2.30. The van der Waals surface area contributed by atoms with E-state index in [1.807, 2.05) is 6.07 Å². The van der Waals surface area contributed by atoms with Crippen molar-refractivity contribution in [3.8, 4) is 5.75 Å². The smallest absolute Gasteiger partial charge is 0.119 e. The summed E-state index contributed by atoms with van der Waals surface area (Å²) in [5.41, 5.74) is 2.95. The third-order valence-electron chi connectivity index (χ3n) is 2.98. The topological polar surface area (TPSA) is 12.5 Å². The summed E-state index contributed by atoms with van der Waals surface area (Å²) in [6, 6.07) is 6.32. The molecular formula is C12H17NO. The lowest BCUT2D eigenvalue weighted by atomic mass is 9.87. The first-order valence-corrected chi connectivity index (χ1v) is 4.94. The summed E-state index contributed by atoms with van der Waals surface area (Å²) < 4.78 is 5.25. The lowest BCUT2D eigenvalue weighted by Gasteiger charge is -2.18. The van der Waals surface area contributed by atoms with Crippen LogP contribution in [0.1, 0.15) is 19.4 Å². The molecule has 0 saturated heterocycles. The van der Waals surface area contributed by atoms with Gasteiger partial charge >= 0.3 is 0 Å². The van der Waals surface area contributed by atoms with E-state index in [1.54, 1.807) is 7.11 Å². The van der Waals surface area contributed by atoms with Crippen LogP contribution in [0.15, 0.2) is 18.2 Å². The molecular weight excluding hydrogens is 174 g/mol. The quantitative estimate of drug-likeness (QED) is 0.676. The van der Waals surface area contributed by atoms with Crippen LogP contribution in [0.4, 0.5) is 5.69 Å². The average molecular weight is 191 g/mol. The van der Waals surface area contributed by atoms with Crippen molar-refractivity contribution < 1.29 is 4.74 Å². The van der Waals surface area contributed by atoms with Gasteiger partial charge in [0, 0.05) is 24.7 Å². The van der Waals surface area contributed by atoms with E-state index in [1.165, 1.54) is 11.3 Å². The van der Waals surface area contributed by atoms with Crippen LogP contribution in [-0.2, 0) is 5.41 Å². The fourth-order valence-electron chi connectivity index (χ4n) is 2.28. The van der Waals surface area contributed by atoms with Crippen molar-refractivity contribution in [2.24, 2.45) is 0 Å². The number of methoxy groups -OCH3 is 1. The second-order valence-corrected chi connectivity index (χ2v) is 4.62. The maximum absolute atomic E-state index is 5.25. The molecule has 1 aromatic carbocycles. The lowest BCUT2D eigenvalue weighted by molar-refractivity contribution is 0.413. The van der Waals surface area contributed by atoms with Crippen LogP contribution in [0.2, 0.25) is 0 Å². The van der Waals surface area contributed by atoms with Crippen molar-refractivity contribution in [1.29, 1.82) is 0 Å². The highest BCUT2D eigenvalue weighted by atomic mass is 16.5. The van der Waals surface area contributed by atoms with Gasteiger partial charge in [-0.15, -0.1) is 0 Å². The fraction of sp³-hybridized carbons (Fsp3) is 0.500. The summed E-state index contributed by atoms with van der Waals surface area (Å²) in [5.74, 6) is 0.951. The molecule has 2 rings (SSSR count). The van der Waals surface area contributed by atoms with Crippen LogP contribution in [0.25, 0.3) is 0 Å². The predicted molar refractivity (Wildman–Crippen MR) is 59.3 cm³/mol. The molecule has 76 valence electrons. The zero-order chi connectivity index (χ0) is 10.3. The van der Waals surface area contributed by atoms with Gasteiger partial charge in [-0.1, -0.05) is 13.8 Å². The number of hydrogen-bond donors (Lipinski definition) is 0. The Kier molecular flexibility index (Phi) is 1.95. The highest BCUT2D eigenvalue weighted by molar-refractivity contribution is 5.63. The van der Waals surface area contributed by atoms with Gasteiger partial charge in [0.2, 0.25) is 0 Å². The largest absolute Gasteiger partial charge is 0.497 e. The Morgan fingerprint density at radius 2 is 2.07 bits per heavy atom. The molecule has 0 aliphatic carbocycles. The monoisotopic (exact) mass is 191 g/mol. The van der Waals surface area contributed by atoms with E-state index < -0.39 is 0 Å². The van der Waals surface area contributed by atoms with Gasteiger partial charge in [0.15, 0.2) is 0 Å². The van der Waals surface area contributed by atoms with Gasteiger partial charge in [-0.3, -0.25) is 0 Å². The number of nitrogens with zero attached hydrogens (tertiary/aromatic N) is 1. The summed E-state index contributed by atoms with van der Waals surface area (Å²) >= 11 is 0. The first-order valence-electron chi connectivity index (χ1n) is 4.94. The molecule has 0 atom stereocenters. The van der Waals surface area contributed by atoms with Crippen LogP contribution in [0, 0.1) is 0 Å². The average Bonchev–Trinajstić information content (AvgIpc) is 2.37. The SMILES string of the molecule is COc1ccc2c(c1)C(C)(C)CN2C. The van der Waals surface area contributed by atoms with E-state index in [-0.39, 0.29) is 5.41 Å². The molecule has 2 nitrogen and oxygen atoms in total. The van der Waals surface area contributed by atoms with Gasteiger partial charge in [-0.25, -0.2) is 0 Å².